The number of nitrogens with zero attached hydrogens (tertiary/aromatic N) is 1. The maximum absolute atomic E-state index is 11.0. The Kier molecular flexibility index (Phi) is 3.66. The van der Waals surface area contributed by atoms with Crippen molar-refractivity contribution in [3.05, 3.63) is 32.3 Å². The summed E-state index contributed by atoms with van der Waals surface area (Å²) < 4.78 is 21.9. The lowest BCUT2D eigenvalue weighted by Crippen LogP contribution is -1.98. The fraction of sp³-hybridized carbons (Fsp3) is 0. The molecule has 0 bridgehead atoms. The minimum atomic E-state index is -4.12. The fourth-order valence-electron chi connectivity index (χ4n) is 0.964. The van der Waals surface area contributed by atoms with E-state index in [1.165, 1.54) is 0 Å². The van der Waals surface area contributed by atoms with E-state index >= 15 is 0 Å². The summed E-state index contributed by atoms with van der Waals surface area (Å²) in [7, 11) is 0.915. The van der Waals surface area contributed by atoms with Gasteiger partial charge < -0.3 is 0 Å². The Morgan fingerprint density at radius 3 is 2.38 bits per heavy atom. The lowest BCUT2D eigenvalue weighted by atomic mass is 10.2. The molecule has 0 heterocycles. The Morgan fingerprint density at radius 2 is 2.00 bits per heavy atom. The summed E-state index contributed by atoms with van der Waals surface area (Å²) in [6, 6.07) is 1.73. The highest BCUT2D eigenvalue weighted by Crippen LogP contribution is 2.31. The van der Waals surface area contributed by atoms with Gasteiger partial charge in [-0.05, 0) is 22.0 Å². The predicted molar refractivity (Wildman–Crippen MR) is 59.2 cm³/mol. The average Bonchev–Trinajstić information content (AvgIpc) is 2.15. The van der Waals surface area contributed by atoms with E-state index in [-0.39, 0.29) is 10.0 Å². The van der Waals surface area contributed by atoms with Gasteiger partial charge in [0.2, 0.25) is 0 Å². The van der Waals surface area contributed by atoms with Crippen molar-refractivity contribution in [1.29, 1.82) is 0 Å². The molecule has 0 spiro atoms. The van der Waals surface area contributed by atoms with E-state index in [1.807, 2.05) is 0 Å². The summed E-state index contributed by atoms with van der Waals surface area (Å²) in [5.41, 5.74) is -0.697. The van der Waals surface area contributed by atoms with Crippen molar-refractivity contribution in [3.63, 3.8) is 0 Å². The van der Waals surface area contributed by atoms with Crippen LogP contribution in [0.1, 0.15) is 10.4 Å². The zero-order valence-corrected chi connectivity index (χ0v) is 10.5. The van der Waals surface area contributed by atoms with E-state index in [0.29, 0.717) is 6.29 Å². The third kappa shape index (κ3) is 2.57. The summed E-state index contributed by atoms with van der Waals surface area (Å²) in [6.45, 7) is 0. The lowest BCUT2D eigenvalue weighted by Gasteiger charge is -2.01. The first kappa shape index (κ1) is 13.1. The number of carbonyl (C=O) groups is 1. The summed E-state index contributed by atoms with van der Waals surface area (Å²) in [5.74, 6) is 0. The van der Waals surface area contributed by atoms with Crippen LogP contribution in [0.2, 0.25) is 0 Å². The molecule has 0 unspecified atom stereocenters. The van der Waals surface area contributed by atoms with E-state index in [1.54, 1.807) is 0 Å². The van der Waals surface area contributed by atoms with E-state index < -0.39 is 24.6 Å². The number of nitro benzene ring substituents is 1. The molecule has 0 atom stereocenters. The van der Waals surface area contributed by atoms with Gasteiger partial charge in [0.25, 0.3) is 14.7 Å². The fourth-order valence-corrected chi connectivity index (χ4v) is 2.22. The number of carbonyl (C=O) groups excluding carboxylic acids is 1. The molecule has 16 heavy (non-hydrogen) atoms. The number of hydrogen-bond donors (Lipinski definition) is 0. The summed E-state index contributed by atoms with van der Waals surface area (Å²) in [4.78, 5) is 19.9. The van der Waals surface area contributed by atoms with Gasteiger partial charge in [-0.1, -0.05) is 0 Å². The minimum Gasteiger partial charge on any atom is -0.298 e. The van der Waals surface area contributed by atoms with Crippen molar-refractivity contribution in [1.82, 2.24) is 0 Å². The van der Waals surface area contributed by atoms with Crippen LogP contribution < -0.4 is 0 Å². The molecule has 1 aromatic carbocycles. The molecule has 0 saturated carbocycles. The smallest absolute Gasteiger partial charge is 0.285 e. The number of benzene rings is 1. The van der Waals surface area contributed by atoms with Crippen molar-refractivity contribution >= 4 is 47.6 Å². The molecule has 6 nitrogen and oxygen atoms in total. The van der Waals surface area contributed by atoms with Gasteiger partial charge in [-0.2, -0.15) is 0 Å². The van der Waals surface area contributed by atoms with Crippen LogP contribution in [0.4, 0.5) is 5.69 Å². The molecule has 0 aliphatic rings. The molecule has 0 amide bonds. The first-order chi connectivity index (χ1) is 7.27. The summed E-state index contributed by atoms with van der Waals surface area (Å²) in [6.07, 6.45) is 0.294. The SMILES string of the molecule is O=Cc1cc(S(=O)(=O)Cl)cc([N+](=O)[O-])c1Br. The zero-order chi connectivity index (χ0) is 12.5. The van der Waals surface area contributed by atoms with Crippen LogP contribution in [-0.4, -0.2) is 19.6 Å². The minimum absolute atomic E-state index is 0.0865. The summed E-state index contributed by atoms with van der Waals surface area (Å²) in [5, 5.41) is 10.6. The molecular weight excluding hydrogens is 326 g/mol. The van der Waals surface area contributed by atoms with E-state index in [4.69, 9.17) is 10.7 Å². The van der Waals surface area contributed by atoms with Gasteiger partial charge in [0, 0.05) is 22.3 Å². The highest BCUT2D eigenvalue weighted by atomic mass is 79.9. The molecule has 0 aliphatic carbocycles. The van der Waals surface area contributed by atoms with Crippen LogP contribution in [-0.2, 0) is 9.05 Å². The largest absolute Gasteiger partial charge is 0.298 e. The van der Waals surface area contributed by atoms with Crippen LogP contribution >= 0.6 is 26.6 Å². The van der Waals surface area contributed by atoms with Crippen molar-refractivity contribution < 1.29 is 18.1 Å². The zero-order valence-electron chi connectivity index (χ0n) is 7.38. The van der Waals surface area contributed by atoms with Crippen molar-refractivity contribution in [3.8, 4) is 0 Å². The van der Waals surface area contributed by atoms with E-state index in [2.05, 4.69) is 15.9 Å². The molecule has 1 rings (SSSR count). The van der Waals surface area contributed by atoms with Gasteiger partial charge in [0.15, 0.2) is 6.29 Å². The molecule has 0 fully saturated rings. The molecular formula is C7H3BrClNO5S. The van der Waals surface area contributed by atoms with Gasteiger partial charge in [-0.3, -0.25) is 14.9 Å². The monoisotopic (exact) mass is 327 g/mol. The van der Waals surface area contributed by atoms with E-state index in [9.17, 15) is 23.3 Å². The van der Waals surface area contributed by atoms with Gasteiger partial charge in [0.05, 0.1) is 9.82 Å². The third-order valence-corrected chi connectivity index (χ3v) is 3.86. The Balaban J connectivity index is 3.66. The second kappa shape index (κ2) is 4.48. The number of halogens is 2. The van der Waals surface area contributed by atoms with Crippen LogP contribution in [0.25, 0.3) is 0 Å². The van der Waals surface area contributed by atoms with Crippen molar-refractivity contribution in [2.75, 3.05) is 0 Å². The number of hydrogen-bond acceptors (Lipinski definition) is 5. The molecule has 0 radical (unpaired) electrons. The molecule has 0 aliphatic heterocycles. The van der Waals surface area contributed by atoms with Crippen LogP contribution in [0, 0.1) is 10.1 Å². The topological polar surface area (TPSA) is 94.3 Å². The van der Waals surface area contributed by atoms with Crippen molar-refractivity contribution in [2.45, 2.75) is 4.90 Å². The van der Waals surface area contributed by atoms with E-state index in [0.717, 1.165) is 12.1 Å². The second-order valence-corrected chi connectivity index (χ2v) is 6.02. The first-order valence-corrected chi connectivity index (χ1v) is 6.75. The molecule has 0 saturated heterocycles. The highest BCUT2D eigenvalue weighted by Gasteiger charge is 2.22. The maximum Gasteiger partial charge on any atom is 0.285 e. The molecule has 9 heteroatoms. The van der Waals surface area contributed by atoms with Crippen molar-refractivity contribution in [2.24, 2.45) is 0 Å². The Labute approximate surface area is 103 Å². The Bertz CT molecular complexity index is 570. The number of rotatable bonds is 3. The molecule has 0 aromatic heterocycles. The predicted octanol–water partition coefficient (Wildman–Crippen LogP) is 2.10. The molecule has 0 N–H and O–H groups in total. The van der Waals surface area contributed by atoms with Crippen LogP contribution in [0.15, 0.2) is 21.5 Å². The number of aldehydes is 1. The van der Waals surface area contributed by atoms with Crippen LogP contribution in [0.3, 0.4) is 0 Å². The standard InChI is InChI=1S/C7H3BrClNO5S/c8-7-4(3-11)1-5(16(9,14)15)2-6(7)10(12)13/h1-3H. The first-order valence-electron chi connectivity index (χ1n) is 3.65. The summed E-state index contributed by atoms with van der Waals surface area (Å²) >= 11 is 2.83. The third-order valence-electron chi connectivity index (χ3n) is 1.66. The Hall–Kier alpha value is -0.990. The maximum atomic E-state index is 11.0. The van der Waals surface area contributed by atoms with Gasteiger partial charge in [-0.25, -0.2) is 8.42 Å². The molecule has 86 valence electrons. The number of nitro groups is 1. The van der Waals surface area contributed by atoms with Crippen LogP contribution in [0.5, 0.6) is 0 Å². The Morgan fingerprint density at radius 1 is 1.44 bits per heavy atom. The second-order valence-electron chi connectivity index (χ2n) is 2.66. The highest BCUT2D eigenvalue weighted by molar-refractivity contribution is 9.10. The normalized spacial score (nSPS) is 11.1. The quantitative estimate of drug-likeness (QED) is 0.366. The van der Waals surface area contributed by atoms with Gasteiger partial charge in [-0.15, -0.1) is 0 Å². The van der Waals surface area contributed by atoms with Gasteiger partial charge in [0.1, 0.15) is 4.47 Å². The average molecular weight is 329 g/mol. The lowest BCUT2D eigenvalue weighted by molar-refractivity contribution is -0.385. The molecule has 1 aromatic rings. The van der Waals surface area contributed by atoms with Gasteiger partial charge >= 0.3 is 0 Å².